The molecule has 0 amide bonds. The molecular weight excluding hydrogens is 208 g/mol. The Morgan fingerprint density at radius 1 is 1.33 bits per heavy atom. The third-order valence-electron chi connectivity index (χ3n) is 2.19. The number of ether oxygens (including phenoxy) is 1. The first-order valence-electron chi connectivity index (χ1n) is 5.70. The van der Waals surface area contributed by atoms with Crippen LogP contribution in [0.25, 0.3) is 0 Å². The first kappa shape index (κ1) is 14.6. The van der Waals surface area contributed by atoms with E-state index < -0.39 is 5.44 Å². The molecule has 3 heteroatoms. The highest BCUT2D eigenvalue weighted by atomic mass is 32.1. The molecule has 88 valence electrons. The minimum atomic E-state index is -0.461. The second kappa shape index (κ2) is 10.1. The first-order chi connectivity index (χ1) is 7.20. The minimum absolute atomic E-state index is 0.176. The fourth-order valence-electron chi connectivity index (χ4n) is 1.29. The van der Waals surface area contributed by atoms with Crippen molar-refractivity contribution in [2.75, 3.05) is 0 Å². The lowest BCUT2D eigenvalue weighted by Gasteiger charge is -2.07. The lowest BCUT2D eigenvalue weighted by atomic mass is 10.1. The van der Waals surface area contributed by atoms with E-state index in [1.165, 1.54) is 31.8 Å². The molecule has 15 heavy (non-hydrogen) atoms. The smallest absolute Gasteiger partial charge is 0.307 e. The van der Waals surface area contributed by atoms with E-state index in [0.29, 0.717) is 6.42 Å². The van der Waals surface area contributed by atoms with E-state index >= 15 is 0 Å². The van der Waals surface area contributed by atoms with Gasteiger partial charge in [-0.05, 0) is 12.5 Å². The summed E-state index contributed by atoms with van der Waals surface area (Å²) in [6.07, 6.45) is 9.06. The van der Waals surface area contributed by atoms with Gasteiger partial charge in [-0.15, -0.1) is 12.6 Å². The number of thiol groups is 1. The Hall–Kier alpha value is -0.440. The first-order valence-corrected chi connectivity index (χ1v) is 6.22. The number of rotatable bonds is 9. The summed E-state index contributed by atoms with van der Waals surface area (Å²) in [6.45, 7) is 5.68. The average Bonchev–Trinajstić information content (AvgIpc) is 2.23. The average molecular weight is 230 g/mol. The lowest BCUT2D eigenvalue weighted by molar-refractivity contribution is -0.143. The SMILES string of the molecule is C=CC(S)OC(=O)CCCCCCCC. The molecule has 0 fully saturated rings. The van der Waals surface area contributed by atoms with Crippen LogP contribution in [0, 0.1) is 0 Å². The van der Waals surface area contributed by atoms with E-state index in [-0.39, 0.29) is 5.97 Å². The van der Waals surface area contributed by atoms with Crippen LogP contribution in [0.3, 0.4) is 0 Å². The normalized spacial score (nSPS) is 12.1. The van der Waals surface area contributed by atoms with Crippen LogP contribution in [0.2, 0.25) is 0 Å². The Kier molecular flexibility index (Phi) is 9.79. The predicted molar refractivity (Wildman–Crippen MR) is 67.1 cm³/mol. The summed E-state index contributed by atoms with van der Waals surface area (Å²) < 4.78 is 4.93. The largest absolute Gasteiger partial charge is 0.447 e. The zero-order chi connectivity index (χ0) is 11.5. The van der Waals surface area contributed by atoms with Gasteiger partial charge in [-0.3, -0.25) is 4.79 Å². The lowest BCUT2D eigenvalue weighted by Crippen LogP contribution is -2.09. The molecule has 0 rings (SSSR count). The fraction of sp³-hybridized carbons (Fsp3) is 0.750. The molecule has 0 spiro atoms. The summed E-state index contributed by atoms with van der Waals surface area (Å²) in [5, 5.41) is 0. The topological polar surface area (TPSA) is 26.3 Å². The van der Waals surface area contributed by atoms with Gasteiger partial charge in [0.2, 0.25) is 0 Å². The van der Waals surface area contributed by atoms with Crippen molar-refractivity contribution in [1.82, 2.24) is 0 Å². The van der Waals surface area contributed by atoms with Gasteiger partial charge in [-0.1, -0.05) is 45.6 Å². The van der Waals surface area contributed by atoms with Gasteiger partial charge in [0.15, 0.2) is 5.44 Å². The maximum Gasteiger partial charge on any atom is 0.307 e. The molecular formula is C12H22O2S. The predicted octanol–water partition coefficient (Wildman–Crippen LogP) is 3.72. The van der Waals surface area contributed by atoms with Gasteiger partial charge in [-0.2, -0.15) is 0 Å². The van der Waals surface area contributed by atoms with Crippen LogP contribution in [0.5, 0.6) is 0 Å². The van der Waals surface area contributed by atoms with E-state index in [2.05, 4.69) is 26.1 Å². The summed E-state index contributed by atoms with van der Waals surface area (Å²) in [4.78, 5) is 11.2. The summed E-state index contributed by atoms with van der Waals surface area (Å²) in [5.41, 5.74) is -0.461. The molecule has 0 aliphatic rings. The highest BCUT2D eigenvalue weighted by Gasteiger charge is 2.05. The van der Waals surface area contributed by atoms with Crippen molar-refractivity contribution in [2.24, 2.45) is 0 Å². The van der Waals surface area contributed by atoms with Gasteiger partial charge >= 0.3 is 5.97 Å². The van der Waals surface area contributed by atoms with Crippen LogP contribution in [0.1, 0.15) is 51.9 Å². The van der Waals surface area contributed by atoms with Gasteiger partial charge in [0.25, 0.3) is 0 Å². The van der Waals surface area contributed by atoms with Crippen molar-refractivity contribution in [3.8, 4) is 0 Å². The molecule has 0 saturated heterocycles. The van der Waals surface area contributed by atoms with Crippen molar-refractivity contribution in [3.63, 3.8) is 0 Å². The molecule has 0 aromatic carbocycles. The summed E-state index contributed by atoms with van der Waals surface area (Å²) in [5.74, 6) is -0.176. The summed E-state index contributed by atoms with van der Waals surface area (Å²) in [6, 6.07) is 0. The second-order valence-corrected chi connectivity index (χ2v) is 4.14. The molecule has 0 aliphatic carbocycles. The molecule has 2 nitrogen and oxygen atoms in total. The summed E-state index contributed by atoms with van der Waals surface area (Å²) in [7, 11) is 0. The fourth-order valence-corrected chi connectivity index (χ4v) is 1.41. The zero-order valence-electron chi connectivity index (χ0n) is 9.58. The third kappa shape index (κ3) is 9.85. The Labute approximate surface area is 98.5 Å². The van der Waals surface area contributed by atoms with Gasteiger partial charge in [-0.25, -0.2) is 0 Å². The Bertz CT molecular complexity index is 180. The van der Waals surface area contributed by atoms with Crippen LogP contribution < -0.4 is 0 Å². The summed E-state index contributed by atoms with van der Waals surface area (Å²) >= 11 is 4.00. The number of esters is 1. The van der Waals surface area contributed by atoms with Crippen molar-refractivity contribution in [2.45, 2.75) is 57.3 Å². The van der Waals surface area contributed by atoms with E-state index in [1.807, 2.05) is 0 Å². The number of unbranched alkanes of at least 4 members (excludes halogenated alkanes) is 5. The Balaban J connectivity index is 3.27. The number of carbonyl (C=O) groups is 1. The standard InChI is InChI=1S/C12H22O2S/c1-3-5-6-7-8-9-10-11(13)14-12(15)4-2/h4,12,15H,2-3,5-10H2,1H3. The molecule has 0 aromatic heterocycles. The molecule has 0 saturated carbocycles. The van der Waals surface area contributed by atoms with Crippen molar-refractivity contribution in [1.29, 1.82) is 0 Å². The number of hydrogen-bond acceptors (Lipinski definition) is 3. The van der Waals surface area contributed by atoms with E-state index in [9.17, 15) is 4.79 Å². The van der Waals surface area contributed by atoms with Crippen LogP contribution >= 0.6 is 12.6 Å². The molecule has 0 bridgehead atoms. The second-order valence-electron chi connectivity index (χ2n) is 3.63. The highest BCUT2D eigenvalue weighted by molar-refractivity contribution is 7.81. The molecule has 1 unspecified atom stereocenters. The molecule has 0 aliphatic heterocycles. The van der Waals surface area contributed by atoms with E-state index in [0.717, 1.165) is 12.8 Å². The number of hydrogen-bond donors (Lipinski definition) is 1. The van der Waals surface area contributed by atoms with Crippen LogP contribution in [0.4, 0.5) is 0 Å². The van der Waals surface area contributed by atoms with Crippen molar-refractivity contribution >= 4 is 18.6 Å². The monoisotopic (exact) mass is 230 g/mol. The molecule has 0 N–H and O–H groups in total. The van der Waals surface area contributed by atoms with Crippen LogP contribution in [0.15, 0.2) is 12.7 Å². The Morgan fingerprint density at radius 3 is 2.53 bits per heavy atom. The molecule has 0 heterocycles. The van der Waals surface area contributed by atoms with Gasteiger partial charge in [0, 0.05) is 6.42 Å². The molecule has 0 aromatic rings. The van der Waals surface area contributed by atoms with Crippen LogP contribution in [-0.2, 0) is 9.53 Å². The van der Waals surface area contributed by atoms with Gasteiger partial charge in [0.05, 0.1) is 0 Å². The zero-order valence-corrected chi connectivity index (χ0v) is 10.5. The minimum Gasteiger partial charge on any atom is -0.447 e. The highest BCUT2D eigenvalue weighted by Crippen LogP contribution is 2.08. The van der Waals surface area contributed by atoms with E-state index in [1.54, 1.807) is 0 Å². The maximum absolute atomic E-state index is 11.2. The maximum atomic E-state index is 11.2. The van der Waals surface area contributed by atoms with E-state index in [4.69, 9.17) is 4.74 Å². The Morgan fingerprint density at radius 2 is 1.93 bits per heavy atom. The third-order valence-corrected chi connectivity index (χ3v) is 2.50. The molecule has 1 atom stereocenters. The van der Waals surface area contributed by atoms with Crippen LogP contribution in [-0.4, -0.2) is 11.4 Å². The molecule has 0 radical (unpaired) electrons. The van der Waals surface area contributed by atoms with Gasteiger partial charge in [0.1, 0.15) is 0 Å². The quantitative estimate of drug-likeness (QED) is 0.215. The van der Waals surface area contributed by atoms with Crippen molar-refractivity contribution < 1.29 is 9.53 Å². The van der Waals surface area contributed by atoms with Gasteiger partial charge < -0.3 is 4.74 Å². The number of carbonyl (C=O) groups excluding carboxylic acids is 1. The van der Waals surface area contributed by atoms with Crippen molar-refractivity contribution in [3.05, 3.63) is 12.7 Å².